The molecule has 0 aromatic heterocycles. The van der Waals surface area contributed by atoms with Gasteiger partial charge in [0.15, 0.2) is 5.78 Å². The van der Waals surface area contributed by atoms with Gasteiger partial charge in [0.1, 0.15) is 11.5 Å². The molecule has 0 aliphatic carbocycles. The highest BCUT2D eigenvalue weighted by atomic mass is 16.3. The zero-order valence-corrected chi connectivity index (χ0v) is 13.4. The Bertz CT molecular complexity index is 769. The topological polar surface area (TPSA) is 60.8 Å². The molecule has 1 aliphatic heterocycles. The van der Waals surface area contributed by atoms with Crippen LogP contribution in [-0.2, 0) is 4.79 Å². The first kappa shape index (κ1) is 16.0. The predicted molar refractivity (Wildman–Crippen MR) is 94.7 cm³/mol. The lowest BCUT2D eigenvalue weighted by Crippen LogP contribution is -2.34. The molecule has 0 radical (unpaired) electrons. The number of Topliss-reactive ketones (excluding diaryl/α,β-unsaturated/α-hetero) is 1. The zero-order chi connectivity index (χ0) is 17.1. The molecule has 0 atom stereocenters. The van der Waals surface area contributed by atoms with Crippen molar-refractivity contribution in [1.82, 2.24) is 4.90 Å². The summed E-state index contributed by atoms with van der Waals surface area (Å²) < 4.78 is 0. The van der Waals surface area contributed by atoms with Crippen molar-refractivity contribution in [2.75, 3.05) is 20.1 Å². The molecule has 122 valence electrons. The number of hydrogen-bond acceptors (Lipinski definition) is 4. The van der Waals surface area contributed by atoms with Crippen molar-refractivity contribution < 1.29 is 15.0 Å². The maximum Gasteiger partial charge on any atom is 0.187 e. The minimum absolute atomic E-state index is 0.000198. The third kappa shape index (κ3) is 3.73. The van der Waals surface area contributed by atoms with Crippen LogP contribution in [-0.4, -0.2) is 41.0 Å². The van der Waals surface area contributed by atoms with Gasteiger partial charge in [-0.25, -0.2) is 0 Å². The second kappa shape index (κ2) is 6.72. The standard InChI is InChI=1S/C20H19NO3/c1-21-12-16(8-14-4-2-6-18(22)10-14)20(24)17(13-21)9-15-5-3-7-19(23)11-15/h2-11,22-23H,12-13H2,1H3/b16-8-,17-9+. The van der Waals surface area contributed by atoms with Gasteiger partial charge in [-0.1, -0.05) is 24.3 Å². The number of hydrogen-bond donors (Lipinski definition) is 2. The van der Waals surface area contributed by atoms with E-state index in [9.17, 15) is 15.0 Å². The van der Waals surface area contributed by atoms with E-state index in [-0.39, 0.29) is 17.3 Å². The Morgan fingerprint density at radius 1 is 0.875 bits per heavy atom. The summed E-state index contributed by atoms with van der Waals surface area (Å²) in [6.45, 7) is 1.12. The summed E-state index contributed by atoms with van der Waals surface area (Å²) >= 11 is 0. The quantitative estimate of drug-likeness (QED) is 0.835. The first-order valence-corrected chi connectivity index (χ1v) is 7.74. The van der Waals surface area contributed by atoms with Gasteiger partial charge >= 0.3 is 0 Å². The van der Waals surface area contributed by atoms with E-state index in [2.05, 4.69) is 4.90 Å². The number of phenolic OH excluding ortho intramolecular Hbond substituents is 2. The van der Waals surface area contributed by atoms with E-state index in [1.807, 2.05) is 31.3 Å². The fourth-order valence-corrected chi connectivity index (χ4v) is 2.84. The zero-order valence-electron chi connectivity index (χ0n) is 13.4. The van der Waals surface area contributed by atoms with E-state index >= 15 is 0 Å². The maximum absolute atomic E-state index is 12.8. The number of nitrogens with zero attached hydrogens (tertiary/aromatic N) is 1. The molecule has 4 heteroatoms. The molecule has 1 aliphatic rings. The summed E-state index contributed by atoms with van der Waals surface area (Å²) in [4.78, 5) is 14.8. The number of aromatic hydroxyl groups is 2. The second-order valence-electron chi connectivity index (χ2n) is 6.03. The molecule has 1 saturated heterocycles. The molecule has 0 unspecified atom stereocenters. The van der Waals surface area contributed by atoms with Crippen molar-refractivity contribution in [1.29, 1.82) is 0 Å². The van der Waals surface area contributed by atoms with Gasteiger partial charge in [0.25, 0.3) is 0 Å². The Morgan fingerprint density at radius 3 is 1.75 bits per heavy atom. The SMILES string of the molecule is CN1C/C(=C/c2cccc(O)c2)C(=O)/C(=C/c2cccc(O)c2)C1. The lowest BCUT2D eigenvalue weighted by Gasteiger charge is -2.26. The molecule has 0 amide bonds. The maximum atomic E-state index is 12.8. The van der Waals surface area contributed by atoms with Crippen LogP contribution >= 0.6 is 0 Å². The molecule has 3 rings (SSSR count). The number of carbonyl (C=O) groups excluding carboxylic acids is 1. The highest BCUT2D eigenvalue weighted by Gasteiger charge is 2.23. The minimum atomic E-state index is -0.000198. The van der Waals surface area contributed by atoms with Crippen LogP contribution in [0.15, 0.2) is 59.7 Å². The molecule has 4 nitrogen and oxygen atoms in total. The lowest BCUT2D eigenvalue weighted by atomic mass is 9.94. The third-order valence-corrected chi connectivity index (χ3v) is 3.89. The number of carbonyl (C=O) groups is 1. The van der Waals surface area contributed by atoms with E-state index in [4.69, 9.17) is 0 Å². The van der Waals surface area contributed by atoms with E-state index in [0.717, 1.165) is 11.1 Å². The Morgan fingerprint density at radius 2 is 1.33 bits per heavy atom. The van der Waals surface area contributed by atoms with E-state index < -0.39 is 0 Å². The van der Waals surface area contributed by atoms with Crippen LogP contribution in [0.2, 0.25) is 0 Å². The Hall–Kier alpha value is -2.85. The summed E-state index contributed by atoms with van der Waals surface area (Å²) in [6.07, 6.45) is 3.63. The summed E-state index contributed by atoms with van der Waals surface area (Å²) in [5, 5.41) is 19.1. The first-order valence-electron chi connectivity index (χ1n) is 7.74. The van der Waals surface area contributed by atoms with Crippen LogP contribution in [0.25, 0.3) is 12.2 Å². The molecule has 2 aromatic carbocycles. The fourth-order valence-electron chi connectivity index (χ4n) is 2.84. The molecule has 1 fully saturated rings. The fraction of sp³-hybridized carbons (Fsp3) is 0.150. The van der Waals surface area contributed by atoms with Gasteiger partial charge in [0.05, 0.1) is 0 Å². The second-order valence-corrected chi connectivity index (χ2v) is 6.03. The molecule has 2 aromatic rings. The van der Waals surface area contributed by atoms with Crippen LogP contribution in [0.1, 0.15) is 11.1 Å². The average Bonchev–Trinajstić information content (AvgIpc) is 2.52. The summed E-state index contributed by atoms with van der Waals surface area (Å²) in [6, 6.07) is 13.7. The summed E-state index contributed by atoms with van der Waals surface area (Å²) in [5.74, 6) is 0.354. The van der Waals surface area contributed by atoms with Crippen molar-refractivity contribution in [2.45, 2.75) is 0 Å². The van der Waals surface area contributed by atoms with Crippen LogP contribution in [0.3, 0.4) is 0 Å². The van der Waals surface area contributed by atoms with Gasteiger partial charge in [-0.15, -0.1) is 0 Å². The molecular weight excluding hydrogens is 302 g/mol. The number of piperidine rings is 1. The predicted octanol–water partition coefficient (Wildman–Crippen LogP) is 3.08. The third-order valence-electron chi connectivity index (χ3n) is 3.89. The molecule has 0 saturated carbocycles. The normalized spacial score (nSPS) is 19.1. The van der Waals surface area contributed by atoms with Gasteiger partial charge in [-0.05, 0) is 54.6 Å². The van der Waals surface area contributed by atoms with Crippen molar-refractivity contribution >= 4 is 17.9 Å². The van der Waals surface area contributed by atoms with E-state index in [1.165, 1.54) is 0 Å². The van der Waals surface area contributed by atoms with Gasteiger partial charge < -0.3 is 10.2 Å². The number of phenols is 2. The van der Waals surface area contributed by atoms with Crippen molar-refractivity contribution in [3.63, 3.8) is 0 Å². The first-order chi connectivity index (χ1) is 11.5. The van der Waals surface area contributed by atoms with Crippen LogP contribution in [0, 0.1) is 0 Å². The monoisotopic (exact) mass is 321 g/mol. The minimum Gasteiger partial charge on any atom is -0.508 e. The van der Waals surface area contributed by atoms with E-state index in [1.54, 1.807) is 36.4 Å². The average molecular weight is 321 g/mol. The van der Waals surface area contributed by atoms with E-state index in [0.29, 0.717) is 24.2 Å². The van der Waals surface area contributed by atoms with Gasteiger partial charge in [0, 0.05) is 24.2 Å². The van der Waals surface area contributed by atoms with Crippen LogP contribution < -0.4 is 0 Å². The number of rotatable bonds is 2. The number of ketones is 1. The Kier molecular flexibility index (Phi) is 4.49. The number of likely N-dealkylation sites (tertiary alicyclic amines) is 1. The van der Waals surface area contributed by atoms with Gasteiger partial charge in [-0.3, -0.25) is 9.69 Å². The molecular formula is C20H19NO3. The van der Waals surface area contributed by atoms with Gasteiger partial charge in [0.2, 0.25) is 0 Å². The van der Waals surface area contributed by atoms with Crippen molar-refractivity contribution in [3.05, 3.63) is 70.8 Å². The lowest BCUT2D eigenvalue weighted by molar-refractivity contribution is -0.113. The highest BCUT2D eigenvalue weighted by Crippen LogP contribution is 2.23. The molecule has 2 N–H and O–H groups in total. The summed E-state index contributed by atoms with van der Waals surface area (Å²) in [5.41, 5.74) is 2.96. The number of benzene rings is 2. The van der Waals surface area contributed by atoms with Gasteiger partial charge in [-0.2, -0.15) is 0 Å². The molecule has 24 heavy (non-hydrogen) atoms. The van der Waals surface area contributed by atoms with Crippen molar-refractivity contribution in [3.8, 4) is 11.5 Å². The largest absolute Gasteiger partial charge is 0.508 e. The summed E-state index contributed by atoms with van der Waals surface area (Å²) in [7, 11) is 1.96. The van der Waals surface area contributed by atoms with Crippen LogP contribution in [0.4, 0.5) is 0 Å². The molecule has 0 bridgehead atoms. The molecule has 1 heterocycles. The van der Waals surface area contributed by atoms with Crippen molar-refractivity contribution in [2.24, 2.45) is 0 Å². The van der Waals surface area contributed by atoms with Crippen LogP contribution in [0.5, 0.6) is 11.5 Å². The Balaban J connectivity index is 1.94. The Labute approximate surface area is 141 Å². The smallest absolute Gasteiger partial charge is 0.187 e. The number of likely N-dealkylation sites (N-methyl/N-ethyl adjacent to an activating group) is 1. The highest BCUT2D eigenvalue weighted by molar-refractivity contribution is 6.14. The molecule has 0 spiro atoms.